The number of nitrogens with one attached hydrogen (secondary N) is 1. The molecule has 2 nitrogen and oxygen atoms in total. The third kappa shape index (κ3) is 4.23. The lowest BCUT2D eigenvalue weighted by Gasteiger charge is -2.09. The van der Waals surface area contributed by atoms with Gasteiger partial charge >= 0.3 is 0 Å². The summed E-state index contributed by atoms with van der Waals surface area (Å²) in [5, 5.41) is 4.00. The monoisotopic (exact) mass is 339 g/mol. The fourth-order valence-corrected chi connectivity index (χ4v) is 2.26. The predicted octanol–water partition coefficient (Wildman–Crippen LogP) is 5.00. The molecule has 2 aromatic carbocycles. The molecule has 100 valence electrons. The second-order valence-electron chi connectivity index (χ2n) is 4.09. The minimum Gasteiger partial charge on any atom is -0.457 e. The standard InChI is InChI=1S/C15H15BrClNO/c1-2-18-10-11-3-6-14(9-15(11)16)19-13-7-4-12(17)5-8-13/h3-9,18H,2,10H2,1H3. The lowest BCUT2D eigenvalue weighted by atomic mass is 10.2. The van der Waals surface area contributed by atoms with E-state index >= 15 is 0 Å². The first kappa shape index (κ1) is 14.4. The molecule has 0 saturated carbocycles. The van der Waals surface area contributed by atoms with Crippen LogP contribution in [0.5, 0.6) is 11.5 Å². The fraction of sp³-hybridized carbons (Fsp3) is 0.200. The second kappa shape index (κ2) is 6.94. The normalized spacial score (nSPS) is 10.5. The zero-order valence-electron chi connectivity index (χ0n) is 10.6. The molecule has 0 amide bonds. The van der Waals surface area contributed by atoms with E-state index in [1.807, 2.05) is 36.4 Å². The molecule has 0 aliphatic heterocycles. The molecular formula is C15H15BrClNO. The van der Waals surface area contributed by atoms with Gasteiger partial charge in [0.15, 0.2) is 0 Å². The summed E-state index contributed by atoms with van der Waals surface area (Å²) in [4.78, 5) is 0. The van der Waals surface area contributed by atoms with Gasteiger partial charge in [-0.05, 0) is 48.5 Å². The number of hydrogen-bond acceptors (Lipinski definition) is 2. The van der Waals surface area contributed by atoms with Crippen molar-refractivity contribution in [3.05, 3.63) is 57.5 Å². The van der Waals surface area contributed by atoms with Crippen molar-refractivity contribution < 1.29 is 4.74 Å². The summed E-state index contributed by atoms with van der Waals surface area (Å²) in [6.45, 7) is 3.89. The third-order valence-electron chi connectivity index (χ3n) is 2.64. The van der Waals surface area contributed by atoms with Crippen molar-refractivity contribution in [1.82, 2.24) is 5.32 Å². The van der Waals surface area contributed by atoms with Gasteiger partial charge in [0, 0.05) is 16.0 Å². The second-order valence-corrected chi connectivity index (χ2v) is 5.38. The first-order valence-corrected chi connectivity index (χ1v) is 7.28. The number of rotatable bonds is 5. The SMILES string of the molecule is CCNCc1ccc(Oc2ccc(Cl)cc2)cc1Br. The van der Waals surface area contributed by atoms with Gasteiger partial charge in [0.1, 0.15) is 11.5 Å². The summed E-state index contributed by atoms with van der Waals surface area (Å²) in [7, 11) is 0. The van der Waals surface area contributed by atoms with Crippen molar-refractivity contribution >= 4 is 27.5 Å². The van der Waals surface area contributed by atoms with Gasteiger partial charge in [0.25, 0.3) is 0 Å². The van der Waals surface area contributed by atoms with Gasteiger partial charge in [-0.25, -0.2) is 0 Å². The molecule has 0 fully saturated rings. The summed E-state index contributed by atoms with van der Waals surface area (Å²) in [6.07, 6.45) is 0. The van der Waals surface area contributed by atoms with Crippen LogP contribution >= 0.6 is 27.5 Å². The molecule has 1 N–H and O–H groups in total. The Morgan fingerprint density at radius 3 is 2.42 bits per heavy atom. The van der Waals surface area contributed by atoms with E-state index in [1.54, 1.807) is 0 Å². The maximum absolute atomic E-state index is 5.84. The van der Waals surface area contributed by atoms with Crippen LogP contribution in [-0.2, 0) is 6.54 Å². The Morgan fingerprint density at radius 2 is 1.79 bits per heavy atom. The van der Waals surface area contributed by atoms with Gasteiger partial charge in [0.05, 0.1) is 0 Å². The first-order valence-electron chi connectivity index (χ1n) is 6.11. The van der Waals surface area contributed by atoms with Crippen LogP contribution < -0.4 is 10.1 Å². The average Bonchev–Trinajstić information content (AvgIpc) is 2.41. The van der Waals surface area contributed by atoms with Crippen LogP contribution in [0.1, 0.15) is 12.5 Å². The highest BCUT2D eigenvalue weighted by Crippen LogP contribution is 2.27. The zero-order chi connectivity index (χ0) is 13.7. The number of benzene rings is 2. The lowest BCUT2D eigenvalue weighted by Crippen LogP contribution is -2.11. The van der Waals surface area contributed by atoms with Crippen molar-refractivity contribution in [2.45, 2.75) is 13.5 Å². The van der Waals surface area contributed by atoms with Gasteiger partial charge in [-0.2, -0.15) is 0 Å². The van der Waals surface area contributed by atoms with Crippen LogP contribution in [0.4, 0.5) is 0 Å². The highest BCUT2D eigenvalue weighted by Gasteiger charge is 2.03. The van der Waals surface area contributed by atoms with Crippen LogP contribution in [-0.4, -0.2) is 6.54 Å². The molecule has 0 heterocycles. The van der Waals surface area contributed by atoms with Crippen LogP contribution in [0.25, 0.3) is 0 Å². The van der Waals surface area contributed by atoms with E-state index in [1.165, 1.54) is 5.56 Å². The number of ether oxygens (including phenoxy) is 1. The van der Waals surface area contributed by atoms with Crippen LogP contribution in [0.3, 0.4) is 0 Å². The molecule has 2 rings (SSSR count). The van der Waals surface area contributed by atoms with Gasteiger partial charge in [-0.1, -0.05) is 40.5 Å². The summed E-state index contributed by atoms with van der Waals surface area (Å²) in [5.74, 6) is 1.57. The van der Waals surface area contributed by atoms with Gasteiger partial charge in [-0.3, -0.25) is 0 Å². The molecule has 0 aromatic heterocycles. The molecule has 0 radical (unpaired) electrons. The van der Waals surface area contributed by atoms with Crippen LogP contribution in [0.2, 0.25) is 5.02 Å². The highest BCUT2D eigenvalue weighted by molar-refractivity contribution is 9.10. The lowest BCUT2D eigenvalue weighted by molar-refractivity contribution is 0.482. The van der Waals surface area contributed by atoms with Gasteiger partial charge in [-0.15, -0.1) is 0 Å². The quantitative estimate of drug-likeness (QED) is 0.826. The molecular weight excluding hydrogens is 326 g/mol. The summed E-state index contributed by atoms with van der Waals surface area (Å²) in [5.41, 5.74) is 1.21. The number of hydrogen-bond donors (Lipinski definition) is 1. The Hall–Kier alpha value is -1.03. The van der Waals surface area contributed by atoms with Crippen LogP contribution in [0.15, 0.2) is 46.9 Å². The van der Waals surface area contributed by atoms with E-state index in [0.717, 1.165) is 29.1 Å². The molecule has 0 spiro atoms. The van der Waals surface area contributed by atoms with E-state index < -0.39 is 0 Å². The topological polar surface area (TPSA) is 21.3 Å². The van der Waals surface area contributed by atoms with Crippen molar-refractivity contribution in [1.29, 1.82) is 0 Å². The summed E-state index contributed by atoms with van der Waals surface area (Å²) >= 11 is 9.40. The van der Waals surface area contributed by atoms with E-state index in [2.05, 4.69) is 34.2 Å². The Balaban J connectivity index is 2.09. The molecule has 4 heteroatoms. The van der Waals surface area contributed by atoms with E-state index in [0.29, 0.717) is 5.02 Å². The smallest absolute Gasteiger partial charge is 0.128 e. The zero-order valence-corrected chi connectivity index (χ0v) is 13.0. The molecule has 2 aromatic rings. The highest BCUT2D eigenvalue weighted by atomic mass is 79.9. The largest absolute Gasteiger partial charge is 0.457 e. The van der Waals surface area contributed by atoms with Crippen molar-refractivity contribution in [2.75, 3.05) is 6.54 Å². The van der Waals surface area contributed by atoms with Gasteiger partial charge in [0.2, 0.25) is 0 Å². The molecule has 0 aliphatic rings. The Bertz CT molecular complexity index is 542. The summed E-state index contributed by atoms with van der Waals surface area (Å²) < 4.78 is 6.81. The minimum atomic E-state index is 0.703. The fourth-order valence-electron chi connectivity index (χ4n) is 1.63. The molecule has 0 atom stereocenters. The molecule has 0 unspecified atom stereocenters. The molecule has 0 bridgehead atoms. The summed E-state index contributed by atoms with van der Waals surface area (Å²) in [6, 6.07) is 13.3. The maximum atomic E-state index is 5.84. The Labute approximate surface area is 126 Å². The van der Waals surface area contributed by atoms with Gasteiger partial charge < -0.3 is 10.1 Å². The van der Waals surface area contributed by atoms with E-state index in [-0.39, 0.29) is 0 Å². The molecule has 0 saturated heterocycles. The van der Waals surface area contributed by atoms with Crippen molar-refractivity contribution in [3.63, 3.8) is 0 Å². The van der Waals surface area contributed by atoms with Crippen LogP contribution in [0, 0.1) is 0 Å². The number of halogens is 2. The molecule has 0 aliphatic carbocycles. The van der Waals surface area contributed by atoms with Crippen molar-refractivity contribution in [2.24, 2.45) is 0 Å². The Morgan fingerprint density at radius 1 is 1.11 bits per heavy atom. The third-order valence-corrected chi connectivity index (χ3v) is 3.63. The van der Waals surface area contributed by atoms with E-state index in [4.69, 9.17) is 16.3 Å². The predicted molar refractivity (Wildman–Crippen MR) is 83.0 cm³/mol. The maximum Gasteiger partial charge on any atom is 0.128 e. The van der Waals surface area contributed by atoms with Crippen molar-refractivity contribution in [3.8, 4) is 11.5 Å². The first-order chi connectivity index (χ1) is 9.19. The minimum absolute atomic E-state index is 0.703. The Kier molecular flexibility index (Phi) is 5.25. The molecule has 19 heavy (non-hydrogen) atoms. The average molecular weight is 341 g/mol. The van der Waals surface area contributed by atoms with E-state index in [9.17, 15) is 0 Å².